The molecule has 1 aromatic rings. The Balaban J connectivity index is 1.80. The molecule has 0 radical (unpaired) electrons. The fraction of sp³-hybridized carbons (Fsp3) is 0.643. The normalized spacial score (nSPS) is 17.8. The Morgan fingerprint density at radius 3 is 2.82 bits per heavy atom. The summed E-state index contributed by atoms with van der Waals surface area (Å²) in [7, 11) is 0. The van der Waals surface area contributed by atoms with E-state index in [0.717, 1.165) is 23.5 Å². The molecule has 2 rings (SSSR count). The molecular formula is C14H21BrN2. The molecule has 17 heavy (non-hydrogen) atoms. The van der Waals surface area contributed by atoms with E-state index in [1.54, 1.807) is 0 Å². The molecule has 1 N–H and O–H groups in total. The van der Waals surface area contributed by atoms with Gasteiger partial charge in [0.05, 0.1) is 0 Å². The van der Waals surface area contributed by atoms with E-state index in [4.69, 9.17) is 0 Å². The third kappa shape index (κ3) is 3.78. The molecule has 1 aromatic heterocycles. The van der Waals surface area contributed by atoms with Gasteiger partial charge in [0.15, 0.2) is 0 Å². The first-order valence-corrected chi connectivity index (χ1v) is 7.43. The van der Waals surface area contributed by atoms with Crippen LogP contribution in [0.15, 0.2) is 22.9 Å². The molecule has 94 valence electrons. The Kier molecular flexibility index (Phi) is 4.99. The third-order valence-electron chi connectivity index (χ3n) is 3.73. The van der Waals surface area contributed by atoms with Crippen LogP contribution >= 0.6 is 15.9 Å². The predicted molar refractivity (Wildman–Crippen MR) is 74.9 cm³/mol. The van der Waals surface area contributed by atoms with Crippen molar-refractivity contribution in [1.82, 2.24) is 10.3 Å². The van der Waals surface area contributed by atoms with E-state index in [9.17, 15) is 0 Å². The molecule has 0 aromatic carbocycles. The summed E-state index contributed by atoms with van der Waals surface area (Å²) in [5.74, 6) is 0.989. The summed E-state index contributed by atoms with van der Waals surface area (Å²) in [6, 6.07) is 4.63. The van der Waals surface area contributed by atoms with Crippen LogP contribution in [0.4, 0.5) is 0 Å². The molecule has 1 atom stereocenters. The van der Waals surface area contributed by atoms with Gasteiger partial charge in [-0.05, 0) is 52.9 Å². The summed E-state index contributed by atoms with van der Waals surface area (Å²) >= 11 is 3.37. The molecule has 1 heterocycles. The van der Waals surface area contributed by atoms with Gasteiger partial charge < -0.3 is 5.32 Å². The highest BCUT2D eigenvalue weighted by atomic mass is 79.9. The van der Waals surface area contributed by atoms with Crippen molar-refractivity contribution < 1.29 is 0 Å². The number of hydrogen-bond acceptors (Lipinski definition) is 2. The number of nitrogens with zero attached hydrogens (tertiary/aromatic N) is 1. The monoisotopic (exact) mass is 296 g/mol. The minimum atomic E-state index is 0.454. The maximum Gasteiger partial charge on any atom is 0.106 e. The van der Waals surface area contributed by atoms with Crippen LogP contribution < -0.4 is 5.32 Å². The van der Waals surface area contributed by atoms with Gasteiger partial charge in [0.1, 0.15) is 4.60 Å². The standard InChI is InChI=1S/C14H21BrN2/c1-2-13(12-6-7-14(15)17-10-12)16-9-8-11-4-3-5-11/h6-7,10-11,13,16H,2-5,8-9H2,1H3. The molecule has 1 aliphatic carbocycles. The first kappa shape index (κ1) is 13.0. The summed E-state index contributed by atoms with van der Waals surface area (Å²) in [5, 5.41) is 3.65. The number of nitrogens with one attached hydrogen (secondary N) is 1. The average molecular weight is 297 g/mol. The van der Waals surface area contributed by atoms with Crippen LogP contribution in [0.25, 0.3) is 0 Å². The van der Waals surface area contributed by atoms with Gasteiger partial charge in [-0.3, -0.25) is 0 Å². The van der Waals surface area contributed by atoms with Gasteiger partial charge >= 0.3 is 0 Å². The van der Waals surface area contributed by atoms with Crippen LogP contribution in [-0.4, -0.2) is 11.5 Å². The summed E-state index contributed by atoms with van der Waals surface area (Å²) < 4.78 is 0.908. The quantitative estimate of drug-likeness (QED) is 0.800. The lowest BCUT2D eigenvalue weighted by molar-refractivity contribution is 0.287. The second kappa shape index (κ2) is 6.50. The predicted octanol–water partition coefficient (Wildman–Crippen LogP) is 4.08. The van der Waals surface area contributed by atoms with Crippen LogP contribution in [0.2, 0.25) is 0 Å². The van der Waals surface area contributed by atoms with Gasteiger partial charge in [0.2, 0.25) is 0 Å². The zero-order valence-corrected chi connectivity index (χ0v) is 12.0. The number of pyridine rings is 1. The molecule has 2 nitrogen and oxygen atoms in total. The number of aromatic nitrogens is 1. The van der Waals surface area contributed by atoms with Crippen molar-refractivity contribution in [3.8, 4) is 0 Å². The largest absolute Gasteiger partial charge is 0.310 e. The molecule has 0 saturated heterocycles. The molecule has 1 unspecified atom stereocenters. The fourth-order valence-electron chi connectivity index (χ4n) is 2.33. The van der Waals surface area contributed by atoms with E-state index < -0.39 is 0 Å². The van der Waals surface area contributed by atoms with Crippen molar-refractivity contribution in [2.24, 2.45) is 5.92 Å². The van der Waals surface area contributed by atoms with Crippen LogP contribution in [0.3, 0.4) is 0 Å². The van der Waals surface area contributed by atoms with Crippen LogP contribution in [-0.2, 0) is 0 Å². The second-order valence-electron chi connectivity index (χ2n) is 4.91. The summed E-state index contributed by atoms with van der Waals surface area (Å²) in [6.45, 7) is 3.36. The highest BCUT2D eigenvalue weighted by Crippen LogP contribution is 2.29. The van der Waals surface area contributed by atoms with Crippen molar-refractivity contribution in [3.05, 3.63) is 28.5 Å². The zero-order chi connectivity index (χ0) is 12.1. The number of rotatable bonds is 6. The lowest BCUT2D eigenvalue weighted by atomic mass is 9.83. The van der Waals surface area contributed by atoms with Crippen molar-refractivity contribution in [3.63, 3.8) is 0 Å². The maximum absolute atomic E-state index is 4.30. The summed E-state index contributed by atoms with van der Waals surface area (Å²) in [6.07, 6.45) is 8.75. The Morgan fingerprint density at radius 2 is 2.29 bits per heavy atom. The van der Waals surface area contributed by atoms with Gasteiger partial charge in [-0.1, -0.05) is 32.3 Å². The number of hydrogen-bond donors (Lipinski definition) is 1. The molecule has 0 bridgehead atoms. The molecule has 0 spiro atoms. The van der Waals surface area contributed by atoms with Crippen molar-refractivity contribution in [2.75, 3.05) is 6.54 Å². The molecule has 1 fully saturated rings. The van der Waals surface area contributed by atoms with Crippen LogP contribution in [0, 0.1) is 5.92 Å². The van der Waals surface area contributed by atoms with Crippen LogP contribution in [0.1, 0.15) is 50.6 Å². The van der Waals surface area contributed by atoms with Crippen molar-refractivity contribution in [2.45, 2.75) is 45.1 Å². The van der Waals surface area contributed by atoms with Crippen molar-refractivity contribution in [1.29, 1.82) is 0 Å². The van der Waals surface area contributed by atoms with Gasteiger partial charge in [0, 0.05) is 12.2 Å². The van der Waals surface area contributed by atoms with Gasteiger partial charge in [-0.2, -0.15) is 0 Å². The maximum atomic E-state index is 4.30. The molecule has 0 amide bonds. The van der Waals surface area contributed by atoms with Gasteiger partial charge in [-0.25, -0.2) is 4.98 Å². The molecule has 1 saturated carbocycles. The molecular weight excluding hydrogens is 276 g/mol. The van der Waals surface area contributed by atoms with Gasteiger partial charge in [-0.15, -0.1) is 0 Å². The zero-order valence-electron chi connectivity index (χ0n) is 10.5. The lowest BCUT2D eigenvalue weighted by Crippen LogP contribution is -2.25. The Morgan fingerprint density at radius 1 is 1.47 bits per heavy atom. The smallest absolute Gasteiger partial charge is 0.106 e. The van der Waals surface area contributed by atoms with E-state index in [-0.39, 0.29) is 0 Å². The topological polar surface area (TPSA) is 24.9 Å². The minimum Gasteiger partial charge on any atom is -0.310 e. The highest BCUT2D eigenvalue weighted by Gasteiger charge is 2.17. The van der Waals surface area contributed by atoms with E-state index in [1.165, 1.54) is 31.2 Å². The van der Waals surface area contributed by atoms with Crippen LogP contribution in [0.5, 0.6) is 0 Å². The van der Waals surface area contributed by atoms with Crippen molar-refractivity contribution >= 4 is 15.9 Å². The van der Waals surface area contributed by atoms with Gasteiger partial charge in [0.25, 0.3) is 0 Å². The lowest BCUT2D eigenvalue weighted by Gasteiger charge is -2.26. The Bertz CT molecular complexity index is 333. The SMILES string of the molecule is CCC(NCCC1CCC1)c1ccc(Br)nc1. The third-order valence-corrected chi connectivity index (χ3v) is 4.20. The highest BCUT2D eigenvalue weighted by molar-refractivity contribution is 9.10. The Hall–Kier alpha value is -0.410. The summed E-state index contributed by atoms with van der Waals surface area (Å²) in [5.41, 5.74) is 1.30. The first-order valence-electron chi connectivity index (χ1n) is 6.64. The first-order chi connectivity index (χ1) is 8.29. The minimum absolute atomic E-state index is 0.454. The molecule has 0 aliphatic heterocycles. The second-order valence-corrected chi connectivity index (χ2v) is 5.73. The summed E-state index contributed by atoms with van der Waals surface area (Å²) in [4.78, 5) is 4.30. The van der Waals surface area contributed by atoms with E-state index >= 15 is 0 Å². The van der Waals surface area contributed by atoms with E-state index in [0.29, 0.717) is 6.04 Å². The molecule has 3 heteroatoms. The number of halogens is 1. The fourth-order valence-corrected chi connectivity index (χ4v) is 2.57. The molecule has 1 aliphatic rings. The van der Waals surface area contributed by atoms with E-state index in [1.807, 2.05) is 12.3 Å². The van der Waals surface area contributed by atoms with E-state index in [2.05, 4.69) is 39.2 Å². The average Bonchev–Trinajstić information content (AvgIpc) is 2.29. The Labute approximate surface area is 112 Å².